The molecule has 0 aliphatic rings. The van der Waals surface area contributed by atoms with E-state index < -0.39 is 10.0 Å². The number of nitrogens with one attached hydrogen (secondary N) is 2. The Bertz CT molecular complexity index is 1150. The molecule has 7 heteroatoms. The van der Waals surface area contributed by atoms with Crippen LogP contribution in [-0.2, 0) is 22.9 Å². The van der Waals surface area contributed by atoms with Gasteiger partial charge in [0.1, 0.15) is 5.75 Å². The van der Waals surface area contributed by atoms with Gasteiger partial charge in [0, 0.05) is 6.54 Å². The molecule has 0 saturated carbocycles. The van der Waals surface area contributed by atoms with Gasteiger partial charge in [-0.1, -0.05) is 49.4 Å². The molecule has 0 atom stereocenters. The highest BCUT2D eigenvalue weighted by Crippen LogP contribution is 2.25. The van der Waals surface area contributed by atoms with Crippen LogP contribution in [0.15, 0.2) is 77.7 Å². The third kappa shape index (κ3) is 5.64. The Morgan fingerprint density at radius 1 is 0.968 bits per heavy atom. The molecule has 0 fully saturated rings. The molecule has 162 valence electrons. The summed E-state index contributed by atoms with van der Waals surface area (Å²) in [5.74, 6) is 0.304. The second-order valence-corrected chi connectivity index (χ2v) is 8.65. The number of para-hydroxylation sites is 1. The number of ether oxygens (including phenoxy) is 1. The molecule has 0 bridgehead atoms. The first kappa shape index (κ1) is 22.4. The van der Waals surface area contributed by atoms with Crippen LogP contribution in [0.1, 0.15) is 28.4 Å². The van der Waals surface area contributed by atoms with Gasteiger partial charge in [-0.3, -0.25) is 9.52 Å². The molecule has 0 aliphatic carbocycles. The molecular weight excluding hydrogens is 412 g/mol. The van der Waals surface area contributed by atoms with E-state index in [2.05, 4.69) is 10.0 Å². The fraction of sp³-hybridized carbons (Fsp3) is 0.208. The number of anilines is 1. The summed E-state index contributed by atoms with van der Waals surface area (Å²) in [7, 11) is -2.33. The van der Waals surface area contributed by atoms with Gasteiger partial charge in [-0.15, -0.1) is 0 Å². The Morgan fingerprint density at radius 2 is 1.68 bits per heavy atom. The van der Waals surface area contributed by atoms with Gasteiger partial charge in [-0.05, 0) is 54.3 Å². The van der Waals surface area contributed by atoms with Crippen molar-refractivity contribution in [3.63, 3.8) is 0 Å². The van der Waals surface area contributed by atoms with Crippen LogP contribution in [0.4, 0.5) is 5.69 Å². The molecule has 0 saturated heterocycles. The van der Waals surface area contributed by atoms with Crippen LogP contribution in [0, 0.1) is 0 Å². The van der Waals surface area contributed by atoms with E-state index in [0.29, 0.717) is 25.1 Å². The third-order valence-corrected chi connectivity index (χ3v) is 6.26. The van der Waals surface area contributed by atoms with Gasteiger partial charge >= 0.3 is 0 Å². The van der Waals surface area contributed by atoms with Gasteiger partial charge in [-0.25, -0.2) is 8.42 Å². The fourth-order valence-corrected chi connectivity index (χ4v) is 4.36. The summed E-state index contributed by atoms with van der Waals surface area (Å²) >= 11 is 0. The van der Waals surface area contributed by atoms with Crippen molar-refractivity contribution < 1.29 is 17.9 Å². The Kier molecular flexibility index (Phi) is 7.31. The van der Waals surface area contributed by atoms with Gasteiger partial charge in [0.15, 0.2) is 0 Å². The summed E-state index contributed by atoms with van der Waals surface area (Å²) in [6, 6.07) is 21.1. The number of sulfonamides is 1. The number of hydrogen-bond acceptors (Lipinski definition) is 4. The standard InChI is InChI=1S/C24H26N2O4S/c1-3-19-17-20(13-14-23(19)30-2)31(28,29)26-22-12-8-7-11-21(22)24(27)25-16-15-18-9-5-4-6-10-18/h4-14,17,26H,3,15-16H2,1-2H3,(H,25,27). The predicted octanol–water partition coefficient (Wildman–Crippen LogP) is 4.03. The number of rotatable bonds is 9. The molecule has 0 aromatic heterocycles. The van der Waals surface area contributed by atoms with E-state index >= 15 is 0 Å². The topological polar surface area (TPSA) is 84.5 Å². The Labute approximate surface area is 183 Å². The second-order valence-electron chi connectivity index (χ2n) is 6.97. The van der Waals surface area contributed by atoms with Gasteiger partial charge in [-0.2, -0.15) is 0 Å². The minimum absolute atomic E-state index is 0.115. The van der Waals surface area contributed by atoms with E-state index in [1.165, 1.54) is 6.07 Å². The van der Waals surface area contributed by atoms with Crippen LogP contribution in [0.5, 0.6) is 5.75 Å². The lowest BCUT2D eigenvalue weighted by Gasteiger charge is -2.14. The maximum Gasteiger partial charge on any atom is 0.261 e. The van der Waals surface area contributed by atoms with Crippen LogP contribution in [0.3, 0.4) is 0 Å². The summed E-state index contributed by atoms with van der Waals surface area (Å²) in [5.41, 5.74) is 2.40. The summed E-state index contributed by atoms with van der Waals surface area (Å²) in [5, 5.41) is 2.86. The van der Waals surface area contributed by atoms with Crippen molar-refractivity contribution in [1.82, 2.24) is 5.32 Å². The molecule has 3 aromatic carbocycles. The second kappa shape index (κ2) is 10.1. The van der Waals surface area contributed by atoms with Crippen molar-refractivity contribution in [2.45, 2.75) is 24.7 Å². The van der Waals surface area contributed by atoms with E-state index in [1.54, 1.807) is 43.5 Å². The number of carbonyl (C=O) groups is 1. The first-order valence-electron chi connectivity index (χ1n) is 10.1. The molecule has 3 rings (SSSR count). The monoisotopic (exact) mass is 438 g/mol. The molecular formula is C24H26N2O4S. The quantitative estimate of drug-likeness (QED) is 0.528. The normalized spacial score (nSPS) is 11.0. The lowest BCUT2D eigenvalue weighted by atomic mass is 10.1. The highest BCUT2D eigenvalue weighted by atomic mass is 32.2. The predicted molar refractivity (Wildman–Crippen MR) is 122 cm³/mol. The van der Waals surface area contributed by atoms with Crippen molar-refractivity contribution in [3.8, 4) is 5.75 Å². The number of benzene rings is 3. The molecule has 0 aliphatic heterocycles. The van der Waals surface area contributed by atoms with Crippen LogP contribution in [-0.4, -0.2) is 28.0 Å². The van der Waals surface area contributed by atoms with E-state index in [0.717, 1.165) is 11.1 Å². The minimum atomic E-state index is -3.88. The SMILES string of the molecule is CCc1cc(S(=O)(=O)Nc2ccccc2C(=O)NCCc2ccccc2)ccc1OC. The Morgan fingerprint density at radius 3 is 2.39 bits per heavy atom. The summed E-state index contributed by atoms with van der Waals surface area (Å²) in [6.07, 6.45) is 1.32. The number of aryl methyl sites for hydroxylation is 1. The lowest BCUT2D eigenvalue weighted by Crippen LogP contribution is -2.27. The first-order chi connectivity index (χ1) is 14.9. The average Bonchev–Trinajstić information content (AvgIpc) is 2.79. The number of amides is 1. The maximum atomic E-state index is 13.0. The van der Waals surface area contributed by atoms with E-state index in [-0.39, 0.29) is 22.1 Å². The molecule has 3 aromatic rings. The maximum absolute atomic E-state index is 13.0. The molecule has 0 heterocycles. The molecule has 0 radical (unpaired) electrons. The molecule has 0 unspecified atom stereocenters. The Hall–Kier alpha value is -3.32. The van der Waals surface area contributed by atoms with Crippen LogP contribution in [0.2, 0.25) is 0 Å². The number of methoxy groups -OCH3 is 1. The minimum Gasteiger partial charge on any atom is -0.496 e. The average molecular weight is 439 g/mol. The zero-order chi connectivity index (χ0) is 22.3. The van der Waals surface area contributed by atoms with E-state index in [9.17, 15) is 13.2 Å². The highest BCUT2D eigenvalue weighted by molar-refractivity contribution is 7.92. The molecule has 2 N–H and O–H groups in total. The smallest absolute Gasteiger partial charge is 0.261 e. The summed E-state index contributed by atoms with van der Waals surface area (Å²) < 4.78 is 33.7. The first-order valence-corrected chi connectivity index (χ1v) is 11.5. The van der Waals surface area contributed by atoms with Crippen LogP contribution in [0.25, 0.3) is 0 Å². The number of hydrogen-bond donors (Lipinski definition) is 2. The molecule has 31 heavy (non-hydrogen) atoms. The molecule has 6 nitrogen and oxygen atoms in total. The fourth-order valence-electron chi connectivity index (χ4n) is 3.23. The van der Waals surface area contributed by atoms with Crippen molar-refractivity contribution in [1.29, 1.82) is 0 Å². The molecule has 0 spiro atoms. The lowest BCUT2D eigenvalue weighted by molar-refractivity contribution is 0.0955. The van der Waals surface area contributed by atoms with Crippen molar-refractivity contribution in [2.24, 2.45) is 0 Å². The third-order valence-electron chi connectivity index (χ3n) is 4.90. The highest BCUT2D eigenvalue weighted by Gasteiger charge is 2.19. The largest absolute Gasteiger partial charge is 0.496 e. The Balaban J connectivity index is 1.75. The van der Waals surface area contributed by atoms with Crippen molar-refractivity contribution in [3.05, 3.63) is 89.5 Å². The van der Waals surface area contributed by atoms with Gasteiger partial charge in [0.25, 0.3) is 15.9 Å². The zero-order valence-electron chi connectivity index (χ0n) is 17.6. The van der Waals surface area contributed by atoms with Crippen molar-refractivity contribution in [2.75, 3.05) is 18.4 Å². The zero-order valence-corrected chi connectivity index (χ0v) is 18.4. The summed E-state index contributed by atoms with van der Waals surface area (Å²) in [4.78, 5) is 12.8. The van der Waals surface area contributed by atoms with Gasteiger partial charge in [0.2, 0.25) is 0 Å². The van der Waals surface area contributed by atoms with E-state index in [1.807, 2.05) is 37.3 Å². The summed E-state index contributed by atoms with van der Waals surface area (Å²) in [6.45, 7) is 2.37. The van der Waals surface area contributed by atoms with E-state index in [4.69, 9.17) is 4.74 Å². The van der Waals surface area contributed by atoms with Gasteiger partial charge in [0.05, 0.1) is 23.3 Å². The van der Waals surface area contributed by atoms with Crippen molar-refractivity contribution >= 4 is 21.6 Å². The van der Waals surface area contributed by atoms with Crippen LogP contribution >= 0.6 is 0 Å². The van der Waals surface area contributed by atoms with Crippen LogP contribution < -0.4 is 14.8 Å². The molecule has 1 amide bonds. The van der Waals surface area contributed by atoms with Gasteiger partial charge < -0.3 is 10.1 Å². The number of carbonyl (C=O) groups excluding carboxylic acids is 1.